The number of benzene rings is 1. The van der Waals surface area contributed by atoms with Gasteiger partial charge in [0.1, 0.15) is 11.9 Å². The molecule has 4 rings (SSSR count). The highest BCUT2D eigenvalue weighted by Crippen LogP contribution is 2.26. The third-order valence-corrected chi connectivity index (χ3v) is 4.74. The van der Waals surface area contributed by atoms with Crippen molar-refractivity contribution in [3.63, 3.8) is 0 Å². The van der Waals surface area contributed by atoms with Gasteiger partial charge in [0.25, 0.3) is 5.91 Å². The first-order chi connectivity index (χ1) is 12.7. The van der Waals surface area contributed by atoms with Gasteiger partial charge in [-0.2, -0.15) is 5.10 Å². The van der Waals surface area contributed by atoms with Gasteiger partial charge in [-0.05, 0) is 19.1 Å². The molecule has 138 valence electrons. The summed E-state index contributed by atoms with van der Waals surface area (Å²) in [6.45, 7) is 6.31. The van der Waals surface area contributed by atoms with Crippen LogP contribution in [0.25, 0.3) is 0 Å². The largest absolute Gasteiger partial charge is 0.378 e. The Hall–Kier alpha value is -2.45. The highest BCUT2D eigenvalue weighted by Gasteiger charge is 2.30. The average Bonchev–Trinajstić information content (AvgIpc) is 3.15. The van der Waals surface area contributed by atoms with Crippen LogP contribution in [-0.2, 0) is 9.47 Å². The van der Waals surface area contributed by atoms with Gasteiger partial charge in [-0.3, -0.25) is 9.89 Å². The number of hydrogen-bond donors (Lipinski definition) is 1. The molecule has 26 heavy (non-hydrogen) atoms. The number of nitrogens with zero attached hydrogens (tertiary/aromatic N) is 4. The van der Waals surface area contributed by atoms with Crippen molar-refractivity contribution in [3.8, 4) is 0 Å². The maximum atomic E-state index is 13.2. The van der Waals surface area contributed by atoms with Crippen molar-refractivity contribution in [2.75, 3.05) is 50.9 Å². The van der Waals surface area contributed by atoms with Gasteiger partial charge in [-0.25, -0.2) is 4.98 Å². The van der Waals surface area contributed by atoms with Crippen LogP contribution in [0.4, 0.5) is 5.69 Å². The molecular weight excluding hydrogens is 334 g/mol. The summed E-state index contributed by atoms with van der Waals surface area (Å²) in [6.07, 6.45) is -0.298. The number of hydrogen-bond acceptors (Lipinski definition) is 6. The number of nitrogens with one attached hydrogen (secondary N) is 1. The quantitative estimate of drug-likeness (QED) is 0.888. The van der Waals surface area contributed by atoms with Gasteiger partial charge in [0, 0.05) is 25.3 Å². The lowest BCUT2D eigenvalue weighted by Gasteiger charge is -2.34. The van der Waals surface area contributed by atoms with Crippen LogP contribution in [0.1, 0.15) is 28.1 Å². The fraction of sp³-hybridized carbons (Fsp3) is 0.500. The van der Waals surface area contributed by atoms with E-state index in [1.165, 1.54) is 0 Å². The minimum atomic E-state index is -0.298. The summed E-state index contributed by atoms with van der Waals surface area (Å²) in [6, 6.07) is 7.79. The molecule has 0 bridgehead atoms. The Morgan fingerprint density at radius 3 is 2.77 bits per heavy atom. The maximum Gasteiger partial charge on any atom is 0.256 e. The normalized spacial score (nSPS) is 21.0. The standard InChI is InChI=1S/C18H23N5O3/c1-13-19-17(21-20-13)16-12-23(8-11-26-16)18(24)14-4-2-3-5-15(14)22-6-9-25-10-7-22/h2-5,16H,6-12H2,1H3,(H,19,20,21). The summed E-state index contributed by atoms with van der Waals surface area (Å²) >= 11 is 0. The number of amides is 1. The summed E-state index contributed by atoms with van der Waals surface area (Å²) in [5.74, 6) is 1.36. The van der Waals surface area contributed by atoms with Crippen LogP contribution >= 0.6 is 0 Å². The SMILES string of the molecule is Cc1nc(C2CN(C(=O)c3ccccc3N3CCOCC3)CCO2)n[nH]1. The van der Waals surface area contributed by atoms with Crippen LogP contribution in [-0.4, -0.2) is 72.0 Å². The smallest absolute Gasteiger partial charge is 0.256 e. The summed E-state index contributed by atoms with van der Waals surface area (Å²) in [5.41, 5.74) is 1.69. The number of morpholine rings is 2. The van der Waals surface area contributed by atoms with E-state index in [2.05, 4.69) is 20.1 Å². The number of carbonyl (C=O) groups is 1. The number of anilines is 1. The van der Waals surface area contributed by atoms with Crippen LogP contribution in [0.15, 0.2) is 24.3 Å². The first-order valence-corrected chi connectivity index (χ1v) is 8.94. The lowest BCUT2D eigenvalue weighted by molar-refractivity contribution is -0.0266. The molecule has 0 aliphatic carbocycles. The van der Waals surface area contributed by atoms with Crippen molar-refractivity contribution < 1.29 is 14.3 Å². The van der Waals surface area contributed by atoms with Crippen molar-refractivity contribution in [2.45, 2.75) is 13.0 Å². The molecule has 2 saturated heterocycles. The number of rotatable bonds is 3. The van der Waals surface area contributed by atoms with E-state index in [1.807, 2.05) is 36.1 Å². The molecular formula is C18H23N5O3. The molecule has 1 aromatic heterocycles. The van der Waals surface area contributed by atoms with E-state index in [0.717, 1.165) is 30.2 Å². The molecule has 0 spiro atoms. The number of carbonyl (C=O) groups excluding carboxylic acids is 1. The molecule has 1 amide bonds. The molecule has 8 heteroatoms. The number of aromatic amines is 1. The van der Waals surface area contributed by atoms with E-state index < -0.39 is 0 Å². The lowest BCUT2D eigenvalue weighted by Crippen LogP contribution is -2.43. The molecule has 1 unspecified atom stereocenters. The minimum absolute atomic E-state index is 0.0210. The molecule has 3 heterocycles. The van der Waals surface area contributed by atoms with Crippen molar-refractivity contribution in [2.24, 2.45) is 0 Å². The van der Waals surface area contributed by atoms with E-state index in [-0.39, 0.29) is 12.0 Å². The van der Waals surface area contributed by atoms with E-state index in [4.69, 9.17) is 9.47 Å². The second-order valence-electron chi connectivity index (χ2n) is 6.51. The van der Waals surface area contributed by atoms with Crippen molar-refractivity contribution >= 4 is 11.6 Å². The van der Waals surface area contributed by atoms with E-state index in [0.29, 0.717) is 38.7 Å². The van der Waals surface area contributed by atoms with Gasteiger partial charge in [0.2, 0.25) is 0 Å². The van der Waals surface area contributed by atoms with Gasteiger partial charge in [-0.15, -0.1) is 0 Å². The van der Waals surface area contributed by atoms with Crippen LogP contribution in [0.3, 0.4) is 0 Å². The first kappa shape index (κ1) is 17.0. The molecule has 0 radical (unpaired) electrons. The van der Waals surface area contributed by atoms with E-state index in [9.17, 15) is 4.79 Å². The fourth-order valence-corrected chi connectivity index (χ4v) is 3.40. The van der Waals surface area contributed by atoms with Gasteiger partial charge < -0.3 is 19.3 Å². The predicted octanol–water partition coefficient (Wildman–Crippen LogP) is 1.16. The van der Waals surface area contributed by atoms with Gasteiger partial charge in [-0.1, -0.05) is 12.1 Å². The molecule has 8 nitrogen and oxygen atoms in total. The second-order valence-corrected chi connectivity index (χ2v) is 6.51. The summed E-state index contributed by atoms with van der Waals surface area (Å²) in [5, 5.41) is 7.01. The van der Waals surface area contributed by atoms with E-state index >= 15 is 0 Å². The third-order valence-electron chi connectivity index (χ3n) is 4.74. The molecule has 2 aromatic rings. The lowest BCUT2D eigenvalue weighted by atomic mass is 10.1. The minimum Gasteiger partial charge on any atom is -0.378 e. The van der Waals surface area contributed by atoms with Crippen molar-refractivity contribution in [1.29, 1.82) is 0 Å². The Labute approximate surface area is 152 Å². The van der Waals surface area contributed by atoms with Gasteiger partial charge in [0.15, 0.2) is 5.82 Å². The first-order valence-electron chi connectivity index (χ1n) is 8.94. The van der Waals surface area contributed by atoms with Crippen LogP contribution < -0.4 is 4.90 Å². The predicted molar refractivity (Wildman–Crippen MR) is 95.2 cm³/mol. The topological polar surface area (TPSA) is 83.6 Å². The zero-order chi connectivity index (χ0) is 17.9. The average molecular weight is 357 g/mol. The molecule has 0 saturated carbocycles. The molecule has 2 aliphatic rings. The molecule has 1 atom stereocenters. The van der Waals surface area contributed by atoms with Crippen molar-refractivity contribution in [1.82, 2.24) is 20.1 Å². The Morgan fingerprint density at radius 1 is 1.19 bits per heavy atom. The Kier molecular flexibility index (Phi) is 4.85. The van der Waals surface area contributed by atoms with Crippen LogP contribution in [0.5, 0.6) is 0 Å². The number of aryl methyl sites for hydroxylation is 1. The van der Waals surface area contributed by atoms with Crippen LogP contribution in [0, 0.1) is 6.92 Å². The van der Waals surface area contributed by atoms with Crippen LogP contribution in [0.2, 0.25) is 0 Å². The fourth-order valence-electron chi connectivity index (χ4n) is 3.40. The Balaban J connectivity index is 1.53. The number of H-pyrrole nitrogens is 1. The summed E-state index contributed by atoms with van der Waals surface area (Å²) < 4.78 is 11.2. The highest BCUT2D eigenvalue weighted by molar-refractivity contribution is 6.00. The monoisotopic (exact) mass is 357 g/mol. The molecule has 2 fully saturated rings. The third kappa shape index (κ3) is 3.42. The molecule has 1 aromatic carbocycles. The zero-order valence-corrected chi connectivity index (χ0v) is 14.9. The maximum absolute atomic E-state index is 13.2. The summed E-state index contributed by atoms with van der Waals surface area (Å²) in [4.78, 5) is 21.6. The molecule has 1 N–H and O–H groups in total. The highest BCUT2D eigenvalue weighted by atomic mass is 16.5. The zero-order valence-electron chi connectivity index (χ0n) is 14.9. The van der Waals surface area contributed by atoms with E-state index in [1.54, 1.807) is 0 Å². The number of ether oxygens (including phenoxy) is 2. The summed E-state index contributed by atoms with van der Waals surface area (Å²) in [7, 11) is 0. The molecule has 2 aliphatic heterocycles. The number of aromatic nitrogens is 3. The number of para-hydroxylation sites is 1. The Bertz CT molecular complexity index is 772. The van der Waals surface area contributed by atoms with Gasteiger partial charge in [0.05, 0.1) is 31.9 Å². The second kappa shape index (κ2) is 7.43. The van der Waals surface area contributed by atoms with Crippen molar-refractivity contribution in [3.05, 3.63) is 41.5 Å². The van der Waals surface area contributed by atoms with Gasteiger partial charge >= 0.3 is 0 Å². The Morgan fingerprint density at radius 2 is 2.00 bits per heavy atom.